The minimum Gasteiger partial charge on any atom is -0.387 e. The molecule has 0 bridgehead atoms. The Morgan fingerprint density at radius 1 is 1.31 bits per heavy atom. The van der Waals surface area contributed by atoms with Crippen molar-refractivity contribution >= 4 is 5.95 Å². The average Bonchev–Trinajstić information content (AvgIpc) is 2.25. The molecule has 0 unspecified atom stereocenters. The summed E-state index contributed by atoms with van der Waals surface area (Å²) in [6.45, 7) is 6.66. The summed E-state index contributed by atoms with van der Waals surface area (Å²) in [7, 11) is 1.76. The molecule has 1 heterocycles. The molecule has 0 saturated heterocycles. The Balaban J connectivity index is 2.56. The molecule has 3 N–H and O–H groups in total. The normalized spacial score (nSPS) is 13.6. The van der Waals surface area contributed by atoms with Crippen molar-refractivity contribution in [3.8, 4) is 0 Å². The van der Waals surface area contributed by atoms with E-state index < -0.39 is 6.10 Å². The van der Waals surface area contributed by atoms with Gasteiger partial charge in [0.1, 0.15) is 0 Å². The molecule has 0 amide bonds. The first-order valence-corrected chi connectivity index (χ1v) is 5.35. The first-order chi connectivity index (χ1) is 7.42. The highest BCUT2D eigenvalue weighted by Crippen LogP contribution is 2.11. The number of hydrogen-bond donors (Lipinski definition) is 3. The molecular weight excluding hydrogens is 204 g/mol. The van der Waals surface area contributed by atoms with Crippen LogP contribution in [0.1, 0.15) is 32.4 Å². The van der Waals surface area contributed by atoms with E-state index in [0.717, 1.165) is 5.56 Å². The predicted molar refractivity (Wildman–Crippen MR) is 64.3 cm³/mol. The van der Waals surface area contributed by atoms with Crippen molar-refractivity contribution < 1.29 is 5.11 Å². The third-order valence-corrected chi connectivity index (χ3v) is 2.11. The van der Waals surface area contributed by atoms with Crippen LogP contribution in [0.2, 0.25) is 0 Å². The monoisotopic (exact) mass is 224 g/mol. The summed E-state index contributed by atoms with van der Waals surface area (Å²) in [5, 5.41) is 15.9. The van der Waals surface area contributed by atoms with Crippen LogP contribution in [0, 0.1) is 0 Å². The molecule has 5 heteroatoms. The zero-order valence-electron chi connectivity index (χ0n) is 10.3. The smallest absolute Gasteiger partial charge is 0.222 e. The number of anilines is 1. The van der Waals surface area contributed by atoms with Gasteiger partial charge in [-0.1, -0.05) is 0 Å². The zero-order chi connectivity index (χ0) is 12.2. The first kappa shape index (κ1) is 12.9. The van der Waals surface area contributed by atoms with E-state index in [-0.39, 0.29) is 5.54 Å². The lowest BCUT2D eigenvalue weighted by Gasteiger charge is -2.22. The van der Waals surface area contributed by atoms with Crippen molar-refractivity contribution in [1.29, 1.82) is 0 Å². The maximum absolute atomic E-state index is 9.88. The molecule has 0 saturated carbocycles. The molecule has 1 aromatic heterocycles. The van der Waals surface area contributed by atoms with E-state index in [1.807, 2.05) is 0 Å². The fourth-order valence-electron chi connectivity index (χ4n) is 1.16. The third-order valence-electron chi connectivity index (χ3n) is 2.11. The Bertz CT molecular complexity index is 318. The number of β-amino-alcohol motifs (C(OH)–C–C–N with tert-alkyl or cyclic N) is 1. The second-order valence-corrected chi connectivity index (χ2v) is 4.74. The Hall–Kier alpha value is -1.20. The number of nitrogens with zero attached hydrogens (tertiary/aromatic N) is 2. The Morgan fingerprint density at radius 2 is 1.88 bits per heavy atom. The highest BCUT2D eigenvalue weighted by Gasteiger charge is 2.14. The van der Waals surface area contributed by atoms with Crippen molar-refractivity contribution in [1.82, 2.24) is 15.3 Å². The quantitative estimate of drug-likeness (QED) is 0.710. The highest BCUT2D eigenvalue weighted by molar-refractivity contribution is 5.24. The minimum atomic E-state index is -0.579. The van der Waals surface area contributed by atoms with E-state index in [1.54, 1.807) is 19.4 Å². The van der Waals surface area contributed by atoms with Crippen LogP contribution >= 0.6 is 0 Å². The molecule has 1 rings (SSSR count). The highest BCUT2D eigenvalue weighted by atomic mass is 16.3. The summed E-state index contributed by atoms with van der Waals surface area (Å²) in [4.78, 5) is 8.11. The van der Waals surface area contributed by atoms with Crippen LogP contribution in [0.25, 0.3) is 0 Å². The topological polar surface area (TPSA) is 70.1 Å². The second kappa shape index (κ2) is 5.23. The van der Waals surface area contributed by atoms with Crippen molar-refractivity contribution in [2.75, 3.05) is 18.9 Å². The number of hydrogen-bond acceptors (Lipinski definition) is 5. The number of aliphatic hydroxyl groups excluding tert-OH is 1. The van der Waals surface area contributed by atoms with Gasteiger partial charge >= 0.3 is 0 Å². The van der Waals surface area contributed by atoms with Crippen LogP contribution in [0.3, 0.4) is 0 Å². The molecule has 0 aliphatic carbocycles. The molecule has 0 spiro atoms. The van der Waals surface area contributed by atoms with Crippen LogP contribution < -0.4 is 10.6 Å². The number of aliphatic hydroxyl groups is 1. The van der Waals surface area contributed by atoms with Gasteiger partial charge in [-0.25, -0.2) is 9.97 Å². The Labute approximate surface area is 96.3 Å². The van der Waals surface area contributed by atoms with Crippen molar-refractivity contribution in [3.05, 3.63) is 18.0 Å². The molecule has 1 aromatic rings. The van der Waals surface area contributed by atoms with Gasteiger partial charge in [-0.3, -0.25) is 0 Å². The molecule has 0 aliphatic heterocycles. The van der Waals surface area contributed by atoms with Gasteiger partial charge in [0, 0.05) is 37.1 Å². The number of rotatable bonds is 4. The molecule has 1 atom stereocenters. The zero-order valence-corrected chi connectivity index (χ0v) is 10.3. The lowest BCUT2D eigenvalue weighted by Crippen LogP contribution is -2.38. The van der Waals surface area contributed by atoms with Gasteiger partial charge in [0.25, 0.3) is 0 Å². The van der Waals surface area contributed by atoms with Gasteiger partial charge in [0.2, 0.25) is 5.95 Å². The van der Waals surface area contributed by atoms with Gasteiger partial charge < -0.3 is 15.7 Å². The van der Waals surface area contributed by atoms with Crippen LogP contribution in [0.5, 0.6) is 0 Å². The predicted octanol–water partition coefficient (Wildman–Crippen LogP) is 0.940. The summed E-state index contributed by atoms with van der Waals surface area (Å²) < 4.78 is 0. The van der Waals surface area contributed by atoms with Crippen molar-refractivity contribution in [3.63, 3.8) is 0 Å². The lowest BCUT2D eigenvalue weighted by atomic mass is 10.1. The first-order valence-electron chi connectivity index (χ1n) is 5.35. The van der Waals surface area contributed by atoms with Gasteiger partial charge in [0.15, 0.2) is 0 Å². The van der Waals surface area contributed by atoms with Crippen LogP contribution in [0.15, 0.2) is 12.4 Å². The number of nitrogens with one attached hydrogen (secondary N) is 2. The summed E-state index contributed by atoms with van der Waals surface area (Å²) in [6.07, 6.45) is 2.69. The summed E-state index contributed by atoms with van der Waals surface area (Å²) in [6, 6.07) is 0. The molecule has 16 heavy (non-hydrogen) atoms. The SMILES string of the molecule is CNc1ncc([C@@H](O)CNC(C)(C)C)cn1. The maximum atomic E-state index is 9.88. The standard InChI is InChI=1S/C11H20N4O/c1-11(2,3)15-7-9(16)8-5-13-10(12-4)14-6-8/h5-6,9,15-16H,7H2,1-4H3,(H,12,13,14)/t9-/m0/s1. The van der Waals surface area contributed by atoms with E-state index in [1.165, 1.54) is 0 Å². The largest absolute Gasteiger partial charge is 0.387 e. The molecule has 0 aromatic carbocycles. The van der Waals surface area contributed by atoms with E-state index in [4.69, 9.17) is 0 Å². The third kappa shape index (κ3) is 4.12. The maximum Gasteiger partial charge on any atom is 0.222 e. The van der Waals surface area contributed by atoms with Gasteiger partial charge in [-0.15, -0.1) is 0 Å². The fraction of sp³-hybridized carbons (Fsp3) is 0.636. The molecule has 90 valence electrons. The second-order valence-electron chi connectivity index (χ2n) is 4.74. The Morgan fingerprint density at radius 3 is 2.31 bits per heavy atom. The number of aromatic nitrogens is 2. The van der Waals surface area contributed by atoms with Crippen LogP contribution in [-0.2, 0) is 0 Å². The van der Waals surface area contributed by atoms with Crippen LogP contribution in [-0.4, -0.2) is 34.2 Å². The lowest BCUT2D eigenvalue weighted by molar-refractivity contribution is 0.162. The molecule has 0 radical (unpaired) electrons. The summed E-state index contributed by atoms with van der Waals surface area (Å²) >= 11 is 0. The van der Waals surface area contributed by atoms with Crippen molar-refractivity contribution in [2.24, 2.45) is 0 Å². The van der Waals surface area contributed by atoms with E-state index in [2.05, 4.69) is 41.4 Å². The molecule has 0 aliphatic rings. The average molecular weight is 224 g/mol. The summed E-state index contributed by atoms with van der Waals surface area (Å²) in [5.74, 6) is 0.555. The van der Waals surface area contributed by atoms with Crippen molar-refractivity contribution in [2.45, 2.75) is 32.4 Å². The molecular formula is C11H20N4O. The molecule has 5 nitrogen and oxygen atoms in total. The van der Waals surface area contributed by atoms with Crippen LogP contribution in [0.4, 0.5) is 5.95 Å². The van der Waals surface area contributed by atoms with Gasteiger partial charge in [-0.05, 0) is 20.8 Å². The fourth-order valence-corrected chi connectivity index (χ4v) is 1.16. The van der Waals surface area contributed by atoms with E-state index in [9.17, 15) is 5.11 Å². The van der Waals surface area contributed by atoms with E-state index in [0.29, 0.717) is 12.5 Å². The van der Waals surface area contributed by atoms with Gasteiger partial charge in [0.05, 0.1) is 6.10 Å². The Kier molecular flexibility index (Phi) is 4.20. The van der Waals surface area contributed by atoms with Gasteiger partial charge in [-0.2, -0.15) is 0 Å². The van der Waals surface area contributed by atoms with E-state index >= 15 is 0 Å². The minimum absolute atomic E-state index is 0.00719. The molecule has 0 fully saturated rings. The summed E-state index contributed by atoms with van der Waals surface area (Å²) in [5.41, 5.74) is 0.711.